The van der Waals surface area contributed by atoms with Crippen molar-refractivity contribution in [3.8, 4) is 17.6 Å². The van der Waals surface area contributed by atoms with Crippen molar-refractivity contribution in [2.75, 3.05) is 13.1 Å². The molecule has 3 atom stereocenters. The molecule has 0 aromatic heterocycles. The Morgan fingerprint density at radius 3 is 2.43 bits per heavy atom. The Balaban J connectivity index is 2.33. The van der Waals surface area contributed by atoms with E-state index in [1.807, 2.05) is 6.92 Å². The molecule has 3 unspecified atom stereocenters. The minimum atomic E-state index is -4.07. The van der Waals surface area contributed by atoms with Gasteiger partial charge >= 0.3 is 0 Å². The van der Waals surface area contributed by atoms with Gasteiger partial charge in [0.2, 0.25) is 15.9 Å². The maximum atomic E-state index is 13.2. The van der Waals surface area contributed by atoms with E-state index in [0.29, 0.717) is 12.2 Å². The van der Waals surface area contributed by atoms with Gasteiger partial charge in [0, 0.05) is 20.0 Å². The molecule has 2 N–H and O–H groups in total. The van der Waals surface area contributed by atoms with Gasteiger partial charge in [0.1, 0.15) is 11.8 Å². The number of hydrogen-bond acceptors (Lipinski definition) is 6. The van der Waals surface area contributed by atoms with Crippen molar-refractivity contribution in [3.05, 3.63) is 24.3 Å². The van der Waals surface area contributed by atoms with Crippen LogP contribution in [-0.2, 0) is 19.6 Å². The molecule has 1 aliphatic heterocycles. The molecule has 1 aliphatic rings. The summed E-state index contributed by atoms with van der Waals surface area (Å²) in [7, 11) is -4.07. The normalized spacial score (nSPS) is 20.6. The lowest BCUT2D eigenvalue weighted by Crippen LogP contribution is -2.65. The van der Waals surface area contributed by atoms with Crippen molar-refractivity contribution in [2.24, 2.45) is 0 Å². The third kappa shape index (κ3) is 4.92. The minimum absolute atomic E-state index is 0.0244. The number of carbonyl (C=O) groups is 2. The summed E-state index contributed by atoms with van der Waals surface area (Å²) in [5.41, 5.74) is 1.51. The Morgan fingerprint density at radius 1 is 1.30 bits per heavy atom. The highest BCUT2D eigenvalue weighted by molar-refractivity contribution is 7.89. The van der Waals surface area contributed by atoms with Crippen molar-refractivity contribution >= 4 is 21.8 Å². The van der Waals surface area contributed by atoms with Gasteiger partial charge in [-0.05, 0) is 44.5 Å². The predicted octanol–water partition coefficient (Wildman–Crippen LogP) is 0.983. The number of sulfonamides is 1. The van der Waals surface area contributed by atoms with Gasteiger partial charge in [0.05, 0.1) is 10.9 Å². The quantitative estimate of drug-likeness (QED) is 0.389. The monoisotopic (exact) mass is 437 g/mol. The van der Waals surface area contributed by atoms with Gasteiger partial charge < -0.3 is 9.64 Å². The largest absolute Gasteiger partial charge is 0.478 e. The van der Waals surface area contributed by atoms with Gasteiger partial charge in [-0.1, -0.05) is 12.8 Å². The summed E-state index contributed by atoms with van der Waals surface area (Å²) >= 11 is 0. The lowest BCUT2D eigenvalue weighted by Gasteiger charge is -2.43. The third-order valence-corrected chi connectivity index (χ3v) is 6.88. The van der Waals surface area contributed by atoms with Gasteiger partial charge in [-0.2, -0.15) is 4.31 Å². The lowest BCUT2D eigenvalue weighted by atomic mass is 10.0. The van der Waals surface area contributed by atoms with Crippen molar-refractivity contribution in [1.29, 1.82) is 0 Å². The number of hydroxylamine groups is 1. The van der Waals surface area contributed by atoms with Gasteiger partial charge in [0.25, 0.3) is 5.91 Å². The van der Waals surface area contributed by atoms with Crippen molar-refractivity contribution < 1.29 is 28.0 Å². The summed E-state index contributed by atoms with van der Waals surface area (Å²) in [5.74, 6) is 5.00. The van der Waals surface area contributed by atoms with Crippen LogP contribution < -0.4 is 10.2 Å². The Labute approximate surface area is 177 Å². The maximum absolute atomic E-state index is 13.2. The van der Waals surface area contributed by atoms with Gasteiger partial charge in [-0.25, -0.2) is 13.9 Å². The molecule has 164 valence electrons. The highest BCUT2D eigenvalue weighted by Crippen LogP contribution is 2.27. The van der Waals surface area contributed by atoms with E-state index in [9.17, 15) is 18.0 Å². The van der Waals surface area contributed by atoms with E-state index < -0.39 is 28.0 Å². The van der Waals surface area contributed by atoms with Gasteiger partial charge in [-0.3, -0.25) is 14.8 Å². The molecule has 9 nitrogen and oxygen atoms in total. The van der Waals surface area contributed by atoms with E-state index in [-0.39, 0.29) is 30.0 Å². The van der Waals surface area contributed by atoms with Crippen molar-refractivity contribution in [3.63, 3.8) is 0 Å². The fraction of sp³-hybridized carbons (Fsp3) is 0.500. The average Bonchev–Trinajstić information content (AvgIpc) is 2.72. The average molecular weight is 438 g/mol. The maximum Gasteiger partial charge on any atom is 0.263 e. The Bertz CT molecular complexity index is 936. The van der Waals surface area contributed by atoms with E-state index in [2.05, 4.69) is 11.8 Å². The Kier molecular flexibility index (Phi) is 7.83. The molecule has 0 spiro atoms. The molecule has 0 saturated carbocycles. The third-order valence-electron chi connectivity index (χ3n) is 4.99. The molecule has 1 fully saturated rings. The predicted molar refractivity (Wildman–Crippen MR) is 109 cm³/mol. The number of carbonyl (C=O) groups excluding carboxylic acids is 2. The van der Waals surface area contributed by atoms with E-state index in [1.165, 1.54) is 41.6 Å². The Hall–Kier alpha value is -2.61. The van der Waals surface area contributed by atoms with Crippen LogP contribution in [0.15, 0.2) is 29.2 Å². The fourth-order valence-electron chi connectivity index (χ4n) is 3.46. The molecule has 0 radical (unpaired) electrons. The molecule has 1 heterocycles. The number of hydrogen-bond donors (Lipinski definition) is 2. The van der Waals surface area contributed by atoms with Crippen LogP contribution in [-0.4, -0.2) is 65.9 Å². The second-order valence-electron chi connectivity index (χ2n) is 6.87. The summed E-state index contributed by atoms with van der Waals surface area (Å²) in [6, 6.07) is 3.84. The first kappa shape index (κ1) is 23.7. The second kappa shape index (κ2) is 9.93. The van der Waals surface area contributed by atoms with Crippen LogP contribution in [0.3, 0.4) is 0 Å². The zero-order valence-corrected chi connectivity index (χ0v) is 18.3. The van der Waals surface area contributed by atoms with Gasteiger partial charge in [0.15, 0.2) is 6.10 Å². The van der Waals surface area contributed by atoms with Crippen LogP contribution in [0, 0.1) is 11.8 Å². The zero-order valence-electron chi connectivity index (χ0n) is 17.5. The lowest BCUT2D eigenvalue weighted by molar-refractivity contribution is -0.142. The first-order valence-electron chi connectivity index (χ1n) is 9.59. The van der Waals surface area contributed by atoms with Crippen molar-refractivity contribution in [1.82, 2.24) is 14.7 Å². The van der Waals surface area contributed by atoms with Crippen LogP contribution in [0.25, 0.3) is 0 Å². The van der Waals surface area contributed by atoms with Crippen LogP contribution >= 0.6 is 0 Å². The molecular weight excluding hydrogens is 410 g/mol. The van der Waals surface area contributed by atoms with E-state index in [4.69, 9.17) is 9.94 Å². The highest BCUT2D eigenvalue weighted by atomic mass is 32.2. The van der Waals surface area contributed by atoms with Crippen LogP contribution in [0.5, 0.6) is 5.75 Å². The zero-order chi connectivity index (χ0) is 22.5. The number of nitrogens with zero attached hydrogens (tertiary/aromatic N) is 2. The molecule has 30 heavy (non-hydrogen) atoms. The summed E-state index contributed by atoms with van der Waals surface area (Å²) in [4.78, 5) is 25.5. The topological polar surface area (TPSA) is 116 Å². The number of nitrogens with one attached hydrogen (secondary N) is 1. The number of rotatable bonds is 6. The first-order valence-corrected chi connectivity index (χ1v) is 11.0. The van der Waals surface area contributed by atoms with E-state index >= 15 is 0 Å². The van der Waals surface area contributed by atoms with Gasteiger partial charge in [-0.15, -0.1) is 5.92 Å². The standard InChI is InChI=1S/C20H27N3O6S/c1-5-7-16(6-2)29-17-8-10-18(11-9-17)30(27,28)23-13-12-22(15(4)24)14(3)19(23)20(25)21-26/h8-11,14,16,19,26H,6,12-13H2,1-4H3,(H,21,25). The second-order valence-corrected chi connectivity index (χ2v) is 8.76. The number of ether oxygens (including phenoxy) is 1. The summed E-state index contributed by atoms with van der Waals surface area (Å²) in [6.07, 6.45) is 0.382. The first-order chi connectivity index (χ1) is 14.2. The Morgan fingerprint density at radius 2 is 1.93 bits per heavy atom. The molecule has 1 aromatic rings. The number of piperazine rings is 1. The molecular formula is C20H27N3O6S. The summed E-state index contributed by atoms with van der Waals surface area (Å²) < 4.78 is 33.2. The van der Waals surface area contributed by atoms with Crippen LogP contribution in [0.2, 0.25) is 0 Å². The van der Waals surface area contributed by atoms with E-state index in [1.54, 1.807) is 13.8 Å². The molecule has 1 saturated heterocycles. The summed E-state index contributed by atoms with van der Waals surface area (Å²) in [5, 5.41) is 9.12. The number of amides is 2. The van der Waals surface area contributed by atoms with Crippen molar-refractivity contribution in [2.45, 2.75) is 57.2 Å². The smallest absolute Gasteiger partial charge is 0.263 e. The fourth-order valence-corrected chi connectivity index (χ4v) is 5.10. The molecule has 0 aliphatic carbocycles. The number of benzene rings is 1. The molecule has 2 amide bonds. The molecule has 10 heteroatoms. The van der Waals surface area contributed by atoms with Crippen LogP contribution in [0.1, 0.15) is 34.1 Å². The molecule has 2 rings (SSSR count). The molecule has 1 aromatic carbocycles. The molecule has 0 bridgehead atoms. The SMILES string of the molecule is CC#CC(CC)Oc1ccc(S(=O)(=O)N2CCN(C(C)=O)C(C)C2C(=O)NO)cc1. The van der Waals surface area contributed by atoms with E-state index in [0.717, 1.165) is 4.31 Å². The minimum Gasteiger partial charge on any atom is -0.478 e. The highest BCUT2D eigenvalue weighted by Gasteiger charge is 2.45. The van der Waals surface area contributed by atoms with Crippen LogP contribution in [0.4, 0.5) is 0 Å². The summed E-state index contributed by atoms with van der Waals surface area (Å²) in [6.45, 7) is 6.63.